The number of benzene rings is 2. The first kappa shape index (κ1) is 16.8. The maximum Gasteiger partial charge on any atom is 0.275 e. The summed E-state index contributed by atoms with van der Waals surface area (Å²) in [6.45, 7) is 4.13. The van der Waals surface area contributed by atoms with E-state index in [1.165, 1.54) is 12.4 Å². The number of fused-ring (bicyclic) bond motifs is 1. The maximum atomic E-state index is 12.5. The molecule has 1 aromatic heterocycles. The van der Waals surface area contributed by atoms with Gasteiger partial charge in [0.05, 0.1) is 12.4 Å². The van der Waals surface area contributed by atoms with Gasteiger partial charge in [0, 0.05) is 17.4 Å². The minimum atomic E-state index is -0.297. The summed E-state index contributed by atoms with van der Waals surface area (Å²) in [4.78, 5) is 20.9. The Morgan fingerprint density at radius 3 is 2.52 bits per heavy atom. The van der Waals surface area contributed by atoms with Gasteiger partial charge in [0.1, 0.15) is 11.5 Å². The second-order valence-corrected chi connectivity index (χ2v) is 6.20. The van der Waals surface area contributed by atoms with Crippen molar-refractivity contribution in [2.24, 2.45) is 0 Å². The summed E-state index contributed by atoms with van der Waals surface area (Å²) in [5, 5.41) is 6.03. The summed E-state index contributed by atoms with van der Waals surface area (Å²) in [5.74, 6) is 1.62. The third kappa shape index (κ3) is 3.52. The van der Waals surface area contributed by atoms with Crippen LogP contribution in [-0.2, 0) is 0 Å². The molecule has 0 saturated heterocycles. The van der Waals surface area contributed by atoms with Gasteiger partial charge < -0.3 is 20.1 Å². The number of aromatic nitrogens is 2. The first-order valence-corrected chi connectivity index (χ1v) is 8.46. The molecule has 0 unspecified atom stereocenters. The van der Waals surface area contributed by atoms with Crippen LogP contribution in [0.15, 0.2) is 48.8 Å². The lowest BCUT2D eigenvalue weighted by molar-refractivity contribution is 0.102. The first-order valence-electron chi connectivity index (χ1n) is 8.46. The van der Waals surface area contributed by atoms with Gasteiger partial charge in [0.2, 0.25) is 6.79 Å². The molecule has 2 heterocycles. The molecule has 3 aromatic rings. The summed E-state index contributed by atoms with van der Waals surface area (Å²) < 4.78 is 10.6. The Bertz CT molecular complexity index is 982. The second-order valence-electron chi connectivity index (χ2n) is 6.20. The fourth-order valence-electron chi connectivity index (χ4n) is 2.82. The predicted octanol–water partition coefficient (Wildman–Crippen LogP) is 3.82. The van der Waals surface area contributed by atoms with Crippen molar-refractivity contribution in [2.45, 2.75) is 13.8 Å². The molecule has 0 saturated carbocycles. The van der Waals surface area contributed by atoms with E-state index in [1.54, 1.807) is 0 Å². The van der Waals surface area contributed by atoms with Crippen molar-refractivity contribution in [1.29, 1.82) is 0 Å². The van der Waals surface area contributed by atoms with Gasteiger partial charge in [-0.1, -0.05) is 18.2 Å². The van der Waals surface area contributed by atoms with Gasteiger partial charge >= 0.3 is 0 Å². The van der Waals surface area contributed by atoms with E-state index in [2.05, 4.69) is 20.6 Å². The molecular formula is C20H18N4O3. The van der Waals surface area contributed by atoms with Crippen molar-refractivity contribution < 1.29 is 14.3 Å². The molecule has 0 bridgehead atoms. The number of carbonyl (C=O) groups excluding carboxylic acids is 1. The molecule has 0 fully saturated rings. The smallest absolute Gasteiger partial charge is 0.275 e. The molecule has 1 aliphatic heterocycles. The minimum Gasteiger partial charge on any atom is -0.454 e. The van der Waals surface area contributed by atoms with Gasteiger partial charge in [-0.3, -0.25) is 4.79 Å². The number of hydrogen-bond donors (Lipinski definition) is 2. The minimum absolute atomic E-state index is 0.225. The highest BCUT2D eigenvalue weighted by atomic mass is 16.7. The number of para-hydroxylation sites is 1. The fourth-order valence-corrected chi connectivity index (χ4v) is 2.82. The van der Waals surface area contributed by atoms with Crippen LogP contribution in [0.2, 0.25) is 0 Å². The summed E-state index contributed by atoms with van der Waals surface area (Å²) in [5.41, 5.74) is 3.83. The monoisotopic (exact) mass is 362 g/mol. The van der Waals surface area contributed by atoms with Crippen LogP contribution in [0.1, 0.15) is 21.6 Å². The Labute approximate surface area is 156 Å². The molecular weight excluding hydrogens is 344 g/mol. The van der Waals surface area contributed by atoms with Gasteiger partial charge in [-0.05, 0) is 37.1 Å². The van der Waals surface area contributed by atoms with E-state index in [0.29, 0.717) is 17.3 Å². The average Bonchev–Trinajstić information content (AvgIpc) is 3.13. The van der Waals surface area contributed by atoms with E-state index in [-0.39, 0.29) is 18.4 Å². The zero-order chi connectivity index (χ0) is 18.8. The number of nitrogens with one attached hydrogen (secondary N) is 2. The zero-order valence-electron chi connectivity index (χ0n) is 14.9. The molecule has 1 amide bonds. The Morgan fingerprint density at radius 2 is 1.78 bits per heavy atom. The molecule has 0 atom stereocenters. The van der Waals surface area contributed by atoms with Crippen molar-refractivity contribution in [2.75, 3.05) is 17.4 Å². The fraction of sp³-hybridized carbons (Fsp3) is 0.150. The second kappa shape index (κ2) is 6.95. The highest BCUT2D eigenvalue weighted by Gasteiger charge is 2.14. The number of carbonyl (C=O) groups is 1. The van der Waals surface area contributed by atoms with Gasteiger partial charge in [-0.25, -0.2) is 9.97 Å². The number of hydrogen-bond acceptors (Lipinski definition) is 6. The summed E-state index contributed by atoms with van der Waals surface area (Å²) in [6, 6.07) is 11.4. The Morgan fingerprint density at radius 1 is 1.00 bits per heavy atom. The molecule has 7 heteroatoms. The van der Waals surface area contributed by atoms with Crippen molar-refractivity contribution >= 4 is 23.1 Å². The number of rotatable bonds is 4. The van der Waals surface area contributed by atoms with Crippen molar-refractivity contribution in [3.8, 4) is 11.5 Å². The van der Waals surface area contributed by atoms with Crippen LogP contribution in [0.5, 0.6) is 11.5 Å². The molecule has 2 aromatic carbocycles. The third-order valence-corrected chi connectivity index (χ3v) is 4.25. The van der Waals surface area contributed by atoms with Crippen LogP contribution < -0.4 is 20.1 Å². The first-order chi connectivity index (χ1) is 13.1. The van der Waals surface area contributed by atoms with Gasteiger partial charge in [-0.15, -0.1) is 0 Å². The summed E-state index contributed by atoms with van der Waals surface area (Å²) in [6.07, 6.45) is 2.96. The highest BCUT2D eigenvalue weighted by Crippen LogP contribution is 2.34. The quantitative estimate of drug-likeness (QED) is 0.734. The standard InChI is InChI=1S/C20H18N4O3/c1-12-4-3-5-13(2)19(12)24-20(25)15-9-22-18(10-21-15)23-14-6-7-16-17(8-14)27-11-26-16/h3-10H,11H2,1-2H3,(H,22,23)(H,24,25). The predicted molar refractivity (Wildman–Crippen MR) is 102 cm³/mol. The normalized spacial score (nSPS) is 11.9. The molecule has 0 spiro atoms. The average molecular weight is 362 g/mol. The van der Waals surface area contributed by atoms with Gasteiger partial charge in [-0.2, -0.15) is 0 Å². The van der Waals surface area contributed by atoms with Crippen molar-refractivity contribution in [3.63, 3.8) is 0 Å². The van der Waals surface area contributed by atoms with Crippen molar-refractivity contribution in [3.05, 3.63) is 65.6 Å². The van der Waals surface area contributed by atoms with Crippen LogP contribution in [0, 0.1) is 13.8 Å². The van der Waals surface area contributed by atoms with E-state index < -0.39 is 0 Å². The lowest BCUT2D eigenvalue weighted by atomic mass is 10.1. The topological polar surface area (TPSA) is 85.4 Å². The van der Waals surface area contributed by atoms with Gasteiger partial charge in [0.25, 0.3) is 5.91 Å². The number of aryl methyl sites for hydroxylation is 2. The lowest BCUT2D eigenvalue weighted by Gasteiger charge is -2.11. The van der Waals surface area contributed by atoms with Crippen LogP contribution in [-0.4, -0.2) is 22.7 Å². The number of nitrogens with zero attached hydrogens (tertiary/aromatic N) is 2. The van der Waals surface area contributed by atoms with Crippen LogP contribution in [0.3, 0.4) is 0 Å². The molecule has 0 aliphatic carbocycles. The SMILES string of the molecule is Cc1cccc(C)c1NC(=O)c1cnc(Nc2ccc3c(c2)OCO3)cn1. The summed E-state index contributed by atoms with van der Waals surface area (Å²) in [7, 11) is 0. The zero-order valence-corrected chi connectivity index (χ0v) is 14.9. The van der Waals surface area contributed by atoms with Crippen molar-refractivity contribution in [1.82, 2.24) is 9.97 Å². The Balaban J connectivity index is 1.46. The van der Waals surface area contributed by atoms with E-state index in [9.17, 15) is 4.79 Å². The van der Waals surface area contributed by atoms with E-state index in [4.69, 9.17) is 9.47 Å². The Kier molecular flexibility index (Phi) is 4.33. The Hall–Kier alpha value is -3.61. The van der Waals surface area contributed by atoms with E-state index in [0.717, 1.165) is 22.5 Å². The highest BCUT2D eigenvalue weighted by molar-refractivity contribution is 6.03. The van der Waals surface area contributed by atoms with E-state index >= 15 is 0 Å². The third-order valence-electron chi connectivity index (χ3n) is 4.25. The van der Waals surface area contributed by atoms with E-state index in [1.807, 2.05) is 50.2 Å². The van der Waals surface area contributed by atoms with Crippen LogP contribution in [0.25, 0.3) is 0 Å². The molecule has 7 nitrogen and oxygen atoms in total. The van der Waals surface area contributed by atoms with Crippen LogP contribution >= 0.6 is 0 Å². The molecule has 0 radical (unpaired) electrons. The van der Waals surface area contributed by atoms with Crippen LogP contribution in [0.4, 0.5) is 17.2 Å². The molecule has 2 N–H and O–H groups in total. The maximum absolute atomic E-state index is 12.5. The largest absolute Gasteiger partial charge is 0.454 e. The number of ether oxygens (including phenoxy) is 2. The molecule has 27 heavy (non-hydrogen) atoms. The molecule has 1 aliphatic rings. The summed E-state index contributed by atoms with van der Waals surface area (Å²) >= 11 is 0. The van der Waals surface area contributed by atoms with Gasteiger partial charge in [0.15, 0.2) is 11.5 Å². The number of anilines is 3. The lowest BCUT2D eigenvalue weighted by Crippen LogP contribution is -2.15. The molecule has 4 rings (SSSR count). The number of amides is 1. The molecule has 136 valence electrons.